The highest BCUT2D eigenvalue weighted by atomic mass is 16.5. The molecule has 1 heterocycles. The second-order valence-electron chi connectivity index (χ2n) is 4.72. The summed E-state index contributed by atoms with van der Waals surface area (Å²) < 4.78 is 5.31. The summed E-state index contributed by atoms with van der Waals surface area (Å²) >= 11 is 0. The third-order valence-electron chi connectivity index (χ3n) is 3.95. The zero-order valence-corrected chi connectivity index (χ0v) is 9.59. The Morgan fingerprint density at radius 2 is 2.12 bits per heavy atom. The molecular formula is C13H15NO2. The minimum atomic E-state index is -0.242. The van der Waals surface area contributed by atoms with Crippen LogP contribution in [0.2, 0.25) is 0 Å². The van der Waals surface area contributed by atoms with Crippen LogP contribution < -0.4 is 10.1 Å². The average Bonchev–Trinajstić information content (AvgIpc) is 2.52. The Labute approximate surface area is 94.8 Å². The summed E-state index contributed by atoms with van der Waals surface area (Å²) in [7, 11) is 1.64. The topological polar surface area (TPSA) is 38.3 Å². The van der Waals surface area contributed by atoms with Crippen LogP contribution >= 0.6 is 0 Å². The normalized spacial score (nSPS) is 20.2. The number of hydrogen-bond acceptors (Lipinski definition) is 2. The molecule has 84 valence electrons. The average molecular weight is 217 g/mol. The summed E-state index contributed by atoms with van der Waals surface area (Å²) in [5, 5.41) is 2.99. The fourth-order valence-corrected chi connectivity index (χ4v) is 2.95. The van der Waals surface area contributed by atoms with Crippen LogP contribution in [-0.4, -0.2) is 13.0 Å². The van der Waals surface area contributed by atoms with Gasteiger partial charge in [0.25, 0.3) is 0 Å². The van der Waals surface area contributed by atoms with Gasteiger partial charge in [0, 0.05) is 0 Å². The quantitative estimate of drug-likeness (QED) is 0.784. The molecule has 0 bridgehead atoms. The molecule has 1 aliphatic carbocycles. The number of anilines is 1. The van der Waals surface area contributed by atoms with E-state index in [1.54, 1.807) is 7.11 Å². The maximum absolute atomic E-state index is 12.1. The van der Waals surface area contributed by atoms with E-state index in [0.717, 1.165) is 30.7 Å². The third-order valence-corrected chi connectivity index (χ3v) is 3.95. The van der Waals surface area contributed by atoms with Crippen molar-refractivity contribution >= 4 is 11.6 Å². The lowest BCUT2D eigenvalue weighted by Gasteiger charge is -2.37. The molecular weight excluding hydrogens is 202 g/mol. The zero-order chi connectivity index (χ0) is 11.3. The van der Waals surface area contributed by atoms with E-state index in [0.29, 0.717) is 0 Å². The van der Waals surface area contributed by atoms with Gasteiger partial charge in [-0.15, -0.1) is 0 Å². The van der Waals surface area contributed by atoms with Crippen molar-refractivity contribution in [1.82, 2.24) is 0 Å². The van der Waals surface area contributed by atoms with E-state index in [9.17, 15) is 4.79 Å². The minimum absolute atomic E-state index is 0.154. The molecule has 3 nitrogen and oxygen atoms in total. The van der Waals surface area contributed by atoms with E-state index < -0.39 is 0 Å². The lowest BCUT2D eigenvalue weighted by atomic mass is 9.64. The van der Waals surface area contributed by atoms with Crippen LogP contribution in [0.5, 0.6) is 5.75 Å². The Balaban J connectivity index is 2.24. The minimum Gasteiger partial charge on any atom is -0.495 e. The molecule has 1 saturated carbocycles. The summed E-state index contributed by atoms with van der Waals surface area (Å²) in [5.74, 6) is 0.930. The molecule has 1 fully saturated rings. The number of fused-ring (bicyclic) bond motifs is 2. The van der Waals surface area contributed by atoms with Gasteiger partial charge in [0.15, 0.2) is 0 Å². The second-order valence-corrected chi connectivity index (χ2v) is 4.72. The molecule has 1 aromatic rings. The van der Waals surface area contributed by atoms with Crippen LogP contribution in [0.15, 0.2) is 12.1 Å². The maximum atomic E-state index is 12.1. The molecule has 0 unspecified atom stereocenters. The van der Waals surface area contributed by atoms with E-state index in [2.05, 4.69) is 12.2 Å². The summed E-state index contributed by atoms with van der Waals surface area (Å²) in [6, 6.07) is 3.96. The first-order valence-electron chi connectivity index (χ1n) is 5.68. The Kier molecular flexibility index (Phi) is 1.82. The zero-order valence-electron chi connectivity index (χ0n) is 9.59. The molecule has 16 heavy (non-hydrogen) atoms. The van der Waals surface area contributed by atoms with Gasteiger partial charge in [0.1, 0.15) is 5.75 Å². The number of ether oxygens (including phenoxy) is 1. The predicted octanol–water partition coefficient (Wildman–Crippen LogP) is 2.38. The largest absolute Gasteiger partial charge is 0.495 e. The van der Waals surface area contributed by atoms with Gasteiger partial charge >= 0.3 is 0 Å². The number of amides is 1. The van der Waals surface area contributed by atoms with Gasteiger partial charge in [0.05, 0.1) is 18.2 Å². The van der Waals surface area contributed by atoms with Gasteiger partial charge in [-0.2, -0.15) is 0 Å². The number of rotatable bonds is 1. The highest BCUT2D eigenvalue weighted by Crippen LogP contribution is 2.54. The monoisotopic (exact) mass is 217 g/mol. The van der Waals surface area contributed by atoms with Gasteiger partial charge in [-0.3, -0.25) is 4.79 Å². The van der Waals surface area contributed by atoms with Crippen molar-refractivity contribution in [3.05, 3.63) is 23.3 Å². The fourth-order valence-electron chi connectivity index (χ4n) is 2.95. The van der Waals surface area contributed by atoms with Gasteiger partial charge < -0.3 is 10.1 Å². The van der Waals surface area contributed by atoms with Gasteiger partial charge in [-0.1, -0.05) is 12.5 Å². The van der Waals surface area contributed by atoms with Crippen molar-refractivity contribution in [2.45, 2.75) is 31.6 Å². The SMILES string of the molecule is COc1ccc(C)c2c1NC(=O)C21CCC1. The number of benzene rings is 1. The van der Waals surface area contributed by atoms with E-state index in [4.69, 9.17) is 4.74 Å². The Hall–Kier alpha value is -1.51. The summed E-state index contributed by atoms with van der Waals surface area (Å²) in [6.07, 6.45) is 3.09. The van der Waals surface area contributed by atoms with Gasteiger partial charge in [-0.25, -0.2) is 0 Å². The molecule has 3 heteroatoms. The summed E-state index contributed by atoms with van der Waals surface area (Å²) in [6.45, 7) is 2.07. The molecule has 0 saturated heterocycles. The molecule has 1 aromatic carbocycles. The molecule has 3 rings (SSSR count). The van der Waals surface area contributed by atoms with Crippen LogP contribution in [0, 0.1) is 6.92 Å². The molecule has 0 aromatic heterocycles. The highest BCUT2D eigenvalue weighted by molar-refractivity contribution is 6.08. The molecule has 1 N–H and O–H groups in total. The number of carbonyl (C=O) groups is 1. The van der Waals surface area contributed by atoms with Crippen LogP contribution in [0.25, 0.3) is 0 Å². The fraction of sp³-hybridized carbons (Fsp3) is 0.462. The molecule has 1 amide bonds. The number of hydrogen-bond donors (Lipinski definition) is 1. The van der Waals surface area contributed by atoms with E-state index in [1.165, 1.54) is 11.1 Å². The van der Waals surface area contributed by atoms with Crippen LogP contribution in [0.4, 0.5) is 5.69 Å². The van der Waals surface area contributed by atoms with E-state index in [-0.39, 0.29) is 11.3 Å². The Bertz CT molecular complexity index is 475. The maximum Gasteiger partial charge on any atom is 0.235 e. The number of methoxy groups -OCH3 is 1. The van der Waals surface area contributed by atoms with Crippen molar-refractivity contribution < 1.29 is 9.53 Å². The van der Waals surface area contributed by atoms with E-state index in [1.807, 2.05) is 12.1 Å². The Morgan fingerprint density at radius 1 is 1.38 bits per heavy atom. The van der Waals surface area contributed by atoms with Crippen molar-refractivity contribution in [3.8, 4) is 5.75 Å². The van der Waals surface area contributed by atoms with Crippen LogP contribution in [-0.2, 0) is 10.2 Å². The van der Waals surface area contributed by atoms with Crippen molar-refractivity contribution in [3.63, 3.8) is 0 Å². The standard InChI is InChI=1S/C13H15NO2/c1-8-4-5-9(16-2)11-10(8)13(6-3-7-13)12(15)14-11/h4-5H,3,6-7H2,1-2H3,(H,14,15). The number of carbonyl (C=O) groups excluding carboxylic acids is 1. The van der Waals surface area contributed by atoms with Crippen molar-refractivity contribution in [1.29, 1.82) is 0 Å². The summed E-state index contributed by atoms with van der Waals surface area (Å²) in [5.41, 5.74) is 3.01. The van der Waals surface area contributed by atoms with Crippen LogP contribution in [0.3, 0.4) is 0 Å². The summed E-state index contributed by atoms with van der Waals surface area (Å²) in [4.78, 5) is 12.1. The molecule has 1 spiro atoms. The van der Waals surface area contributed by atoms with Crippen molar-refractivity contribution in [2.24, 2.45) is 0 Å². The highest BCUT2D eigenvalue weighted by Gasteiger charge is 2.52. The lowest BCUT2D eigenvalue weighted by molar-refractivity contribution is -0.123. The van der Waals surface area contributed by atoms with Crippen molar-refractivity contribution in [2.75, 3.05) is 12.4 Å². The predicted molar refractivity (Wildman–Crippen MR) is 61.9 cm³/mol. The smallest absolute Gasteiger partial charge is 0.235 e. The molecule has 0 atom stereocenters. The van der Waals surface area contributed by atoms with Gasteiger partial charge in [0.2, 0.25) is 5.91 Å². The molecule has 2 aliphatic rings. The van der Waals surface area contributed by atoms with Gasteiger partial charge in [-0.05, 0) is 37.0 Å². The second kappa shape index (κ2) is 3.00. The Morgan fingerprint density at radius 3 is 2.69 bits per heavy atom. The lowest BCUT2D eigenvalue weighted by Crippen LogP contribution is -2.41. The first-order valence-corrected chi connectivity index (χ1v) is 5.68. The van der Waals surface area contributed by atoms with E-state index >= 15 is 0 Å². The number of nitrogens with one attached hydrogen (secondary N) is 1. The molecule has 0 radical (unpaired) electrons. The molecule has 1 aliphatic heterocycles. The first kappa shape index (κ1) is 9.70. The third kappa shape index (κ3) is 0.958. The van der Waals surface area contributed by atoms with Crippen LogP contribution in [0.1, 0.15) is 30.4 Å². The number of aryl methyl sites for hydroxylation is 1. The first-order chi connectivity index (χ1) is 7.69.